The lowest BCUT2D eigenvalue weighted by Gasteiger charge is -2.13. The minimum atomic E-state index is -0.511. The molecule has 1 aromatic carbocycles. The van der Waals surface area contributed by atoms with Crippen LogP contribution in [0.2, 0.25) is 0 Å². The second-order valence-corrected chi connectivity index (χ2v) is 7.06. The first-order chi connectivity index (χ1) is 12.5. The number of nitrogens with zero attached hydrogens (tertiary/aromatic N) is 1. The number of rotatable bonds is 9. The molecule has 1 aromatic heterocycles. The Bertz CT molecular complexity index is 745. The molecule has 2 aromatic rings. The van der Waals surface area contributed by atoms with E-state index in [1.54, 1.807) is 12.1 Å². The van der Waals surface area contributed by atoms with Crippen LogP contribution in [0.3, 0.4) is 0 Å². The molecule has 0 aliphatic heterocycles. The summed E-state index contributed by atoms with van der Waals surface area (Å²) in [6.45, 7) is 5.53. The summed E-state index contributed by atoms with van der Waals surface area (Å²) in [6, 6.07) is 9.08. The van der Waals surface area contributed by atoms with Gasteiger partial charge in [-0.2, -0.15) is 0 Å². The number of hydrogen-bond donors (Lipinski definition) is 1. The molecule has 1 atom stereocenters. The molecular weight excluding hydrogens is 352 g/mol. The first-order valence-corrected chi connectivity index (χ1v) is 9.58. The largest absolute Gasteiger partial charge is 0.452 e. The third kappa shape index (κ3) is 6.22. The van der Waals surface area contributed by atoms with Gasteiger partial charge in [-0.05, 0) is 32.4 Å². The molecule has 26 heavy (non-hydrogen) atoms. The average Bonchev–Trinajstić information content (AvgIpc) is 3.03. The molecular formula is C19H24N2O4S. The molecule has 0 spiro atoms. The lowest BCUT2D eigenvalue weighted by atomic mass is 10.2. The number of nitrogens with one attached hydrogen (secondary N) is 1. The normalized spacial score (nSPS) is 11.8. The molecule has 0 radical (unpaired) electrons. The molecule has 0 saturated carbocycles. The van der Waals surface area contributed by atoms with E-state index >= 15 is 0 Å². The molecule has 0 bridgehead atoms. The SMILES string of the molecule is CCC[C@H](C)NC(=O)COC(=O)c1ccccc1SCc1cc(C)on1. The van der Waals surface area contributed by atoms with Gasteiger partial charge in [0.05, 0.1) is 11.3 Å². The summed E-state index contributed by atoms with van der Waals surface area (Å²) in [5.74, 6) is 0.526. The lowest BCUT2D eigenvalue weighted by Crippen LogP contribution is -2.35. The van der Waals surface area contributed by atoms with E-state index in [9.17, 15) is 9.59 Å². The summed E-state index contributed by atoms with van der Waals surface area (Å²) in [7, 11) is 0. The summed E-state index contributed by atoms with van der Waals surface area (Å²) >= 11 is 1.47. The Hall–Kier alpha value is -2.28. The van der Waals surface area contributed by atoms with Gasteiger partial charge in [-0.25, -0.2) is 4.79 Å². The molecule has 0 aliphatic carbocycles. The average molecular weight is 376 g/mol. The molecule has 1 heterocycles. The number of carbonyl (C=O) groups excluding carboxylic acids is 2. The Labute approximate surface area is 157 Å². The van der Waals surface area contributed by atoms with Gasteiger partial charge in [-0.1, -0.05) is 30.6 Å². The Balaban J connectivity index is 1.91. The maximum Gasteiger partial charge on any atom is 0.339 e. The number of aryl methyl sites for hydroxylation is 1. The van der Waals surface area contributed by atoms with Crippen molar-refractivity contribution >= 4 is 23.6 Å². The number of hydrogen-bond acceptors (Lipinski definition) is 6. The lowest BCUT2D eigenvalue weighted by molar-refractivity contribution is -0.124. The Morgan fingerprint density at radius 1 is 1.35 bits per heavy atom. The van der Waals surface area contributed by atoms with Crippen LogP contribution in [0.4, 0.5) is 0 Å². The highest BCUT2D eigenvalue weighted by molar-refractivity contribution is 7.98. The molecule has 2 rings (SSSR count). The van der Waals surface area contributed by atoms with Gasteiger partial charge in [0, 0.05) is 22.8 Å². The fourth-order valence-electron chi connectivity index (χ4n) is 2.43. The van der Waals surface area contributed by atoms with Crippen LogP contribution in [-0.4, -0.2) is 29.7 Å². The molecule has 0 saturated heterocycles. The summed E-state index contributed by atoms with van der Waals surface area (Å²) in [4.78, 5) is 25.0. The maximum atomic E-state index is 12.3. The third-order valence-corrected chi connectivity index (χ3v) is 4.73. The monoisotopic (exact) mass is 376 g/mol. The van der Waals surface area contributed by atoms with Gasteiger partial charge in [0.1, 0.15) is 5.76 Å². The molecule has 140 valence electrons. The van der Waals surface area contributed by atoms with Crippen LogP contribution in [-0.2, 0) is 15.3 Å². The second kappa shape index (κ2) is 10.0. The number of thioether (sulfide) groups is 1. The van der Waals surface area contributed by atoms with Crippen molar-refractivity contribution in [2.45, 2.75) is 50.3 Å². The molecule has 0 unspecified atom stereocenters. The van der Waals surface area contributed by atoms with Crippen molar-refractivity contribution in [1.82, 2.24) is 10.5 Å². The number of aromatic nitrogens is 1. The predicted octanol–water partition coefficient (Wildman–Crippen LogP) is 3.74. The van der Waals surface area contributed by atoms with Crippen LogP contribution in [0.15, 0.2) is 39.8 Å². The quantitative estimate of drug-likeness (QED) is 0.530. The van der Waals surface area contributed by atoms with Gasteiger partial charge in [-0.15, -0.1) is 11.8 Å². The van der Waals surface area contributed by atoms with E-state index in [0.29, 0.717) is 11.3 Å². The fourth-order valence-corrected chi connectivity index (χ4v) is 3.35. The zero-order valence-corrected chi connectivity index (χ0v) is 16.1. The topological polar surface area (TPSA) is 81.4 Å². The highest BCUT2D eigenvalue weighted by atomic mass is 32.2. The first kappa shape index (κ1) is 20.0. The van der Waals surface area contributed by atoms with E-state index in [1.165, 1.54) is 11.8 Å². The van der Waals surface area contributed by atoms with E-state index in [-0.39, 0.29) is 18.6 Å². The summed E-state index contributed by atoms with van der Waals surface area (Å²) in [5, 5.41) is 6.75. The Morgan fingerprint density at radius 2 is 2.12 bits per heavy atom. The standard InChI is InChI=1S/C19H24N2O4S/c1-4-7-13(2)20-18(22)11-24-19(23)16-8-5-6-9-17(16)26-12-15-10-14(3)25-21-15/h5-6,8-10,13H,4,7,11-12H2,1-3H3,(H,20,22)/t13-/m0/s1. The first-order valence-electron chi connectivity index (χ1n) is 8.60. The van der Waals surface area contributed by atoms with Crippen LogP contribution in [0.1, 0.15) is 48.5 Å². The van der Waals surface area contributed by atoms with Crippen molar-refractivity contribution < 1.29 is 18.8 Å². The van der Waals surface area contributed by atoms with Crippen LogP contribution < -0.4 is 5.32 Å². The Kier molecular flexibility index (Phi) is 7.72. The van der Waals surface area contributed by atoms with Gasteiger partial charge in [0.2, 0.25) is 0 Å². The fraction of sp³-hybridized carbons (Fsp3) is 0.421. The summed E-state index contributed by atoms with van der Waals surface area (Å²) in [5.41, 5.74) is 1.24. The number of esters is 1. The van der Waals surface area contributed by atoms with E-state index in [0.717, 1.165) is 29.2 Å². The Morgan fingerprint density at radius 3 is 2.81 bits per heavy atom. The van der Waals surface area contributed by atoms with E-state index < -0.39 is 5.97 Å². The minimum Gasteiger partial charge on any atom is -0.452 e. The van der Waals surface area contributed by atoms with Crippen LogP contribution >= 0.6 is 11.8 Å². The minimum absolute atomic E-state index is 0.0694. The van der Waals surface area contributed by atoms with Crippen molar-refractivity contribution in [3.63, 3.8) is 0 Å². The molecule has 6 nitrogen and oxygen atoms in total. The zero-order valence-electron chi connectivity index (χ0n) is 15.3. The van der Waals surface area contributed by atoms with E-state index in [1.807, 2.05) is 32.0 Å². The van der Waals surface area contributed by atoms with Gasteiger partial charge >= 0.3 is 5.97 Å². The highest BCUT2D eigenvalue weighted by Crippen LogP contribution is 2.26. The molecule has 7 heteroatoms. The van der Waals surface area contributed by atoms with Crippen molar-refractivity contribution in [2.24, 2.45) is 0 Å². The van der Waals surface area contributed by atoms with E-state index in [4.69, 9.17) is 9.26 Å². The van der Waals surface area contributed by atoms with Crippen molar-refractivity contribution in [1.29, 1.82) is 0 Å². The predicted molar refractivity (Wildman–Crippen MR) is 100 cm³/mol. The van der Waals surface area contributed by atoms with Crippen molar-refractivity contribution in [3.8, 4) is 0 Å². The van der Waals surface area contributed by atoms with Gasteiger partial charge in [-0.3, -0.25) is 4.79 Å². The molecule has 0 aliphatic rings. The van der Waals surface area contributed by atoms with Gasteiger partial charge in [0.25, 0.3) is 5.91 Å². The number of carbonyl (C=O) groups is 2. The molecule has 0 fully saturated rings. The van der Waals surface area contributed by atoms with Crippen molar-refractivity contribution in [3.05, 3.63) is 47.3 Å². The van der Waals surface area contributed by atoms with Crippen LogP contribution in [0, 0.1) is 6.92 Å². The number of amides is 1. The molecule has 1 N–H and O–H groups in total. The second-order valence-electron chi connectivity index (χ2n) is 6.05. The third-order valence-electron chi connectivity index (χ3n) is 3.62. The smallest absolute Gasteiger partial charge is 0.339 e. The van der Waals surface area contributed by atoms with Crippen LogP contribution in [0.25, 0.3) is 0 Å². The van der Waals surface area contributed by atoms with Crippen molar-refractivity contribution in [2.75, 3.05) is 6.61 Å². The number of ether oxygens (including phenoxy) is 1. The number of benzene rings is 1. The highest BCUT2D eigenvalue weighted by Gasteiger charge is 2.16. The van der Waals surface area contributed by atoms with Gasteiger partial charge in [0.15, 0.2) is 6.61 Å². The summed E-state index contributed by atoms with van der Waals surface area (Å²) in [6.07, 6.45) is 1.87. The van der Waals surface area contributed by atoms with Gasteiger partial charge < -0.3 is 14.6 Å². The maximum absolute atomic E-state index is 12.3. The summed E-state index contributed by atoms with van der Waals surface area (Å²) < 4.78 is 10.2. The van der Waals surface area contributed by atoms with Crippen LogP contribution in [0.5, 0.6) is 0 Å². The van der Waals surface area contributed by atoms with E-state index in [2.05, 4.69) is 17.4 Å². The molecule has 1 amide bonds. The zero-order chi connectivity index (χ0) is 18.9.